The third kappa shape index (κ3) is 3.05. The highest BCUT2D eigenvalue weighted by molar-refractivity contribution is 6.05. The first-order valence-electron chi connectivity index (χ1n) is 8.32. The summed E-state index contributed by atoms with van der Waals surface area (Å²) in [6, 6.07) is 7.11. The Morgan fingerprint density at radius 3 is 2.41 bits per heavy atom. The van der Waals surface area contributed by atoms with Crippen LogP contribution in [0.2, 0.25) is 0 Å². The van der Waals surface area contributed by atoms with Gasteiger partial charge in [-0.25, -0.2) is 8.78 Å². The number of carboxylic acid groups (broad SMARTS) is 1. The van der Waals surface area contributed by atoms with Gasteiger partial charge in [-0.15, -0.1) is 0 Å². The molecule has 0 aliphatic rings. The van der Waals surface area contributed by atoms with Gasteiger partial charge in [0.2, 0.25) is 0 Å². The van der Waals surface area contributed by atoms with Crippen molar-refractivity contribution in [3.05, 3.63) is 64.9 Å². The van der Waals surface area contributed by atoms with Crippen molar-refractivity contribution in [2.24, 2.45) is 0 Å². The molecule has 0 radical (unpaired) electrons. The maximum Gasteiger partial charge on any atom is 0.311 e. The Morgan fingerprint density at radius 1 is 1.11 bits per heavy atom. The molecular weight excluding hydrogens is 356 g/mol. The standard InChI is InChI=1S/C20H17F2NO4/c1-3-13(20(26)27)18-10(2)23(17-7-5-12(24)9-14(17)18)19(25)11-4-6-15(21)16(22)8-11/h4-9,13,24H,3H2,1-2H3,(H,26,27)/t13-/m0/s1. The Bertz CT molecular complexity index is 1070. The average Bonchev–Trinajstić information content (AvgIpc) is 2.89. The lowest BCUT2D eigenvalue weighted by Crippen LogP contribution is -2.16. The normalized spacial score (nSPS) is 12.3. The van der Waals surface area contributed by atoms with Crippen LogP contribution < -0.4 is 0 Å². The summed E-state index contributed by atoms with van der Waals surface area (Å²) >= 11 is 0. The van der Waals surface area contributed by atoms with Gasteiger partial charge in [0.15, 0.2) is 11.6 Å². The SMILES string of the molecule is CC[C@H](C(=O)O)c1c(C)n(C(=O)c2ccc(F)c(F)c2)c2ccc(O)cc12. The van der Waals surface area contributed by atoms with Crippen LogP contribution in [0.4, 0.5) is 8.78 Å². The van der Waals surface area contributed by atoms with Crippen LogP contribution in [0.25, 0.3) is 10.9 Å². The van der Waals surface area contributed by atoms with Gasteiger partial charge in [0, 0.05) is 16.6 Å². The number of hydrogen-bond donors (Lipinski definition) is 2. The molecule has 0 aliphatic heterocycles. The van der Waals surface area contributed by atoms with Crippen molar-refractivity contribution in [3.8, 4) is 5.75 Å². The highest BCUT2D eigenvalue weighted by atomic mass is 19.2. The molecule has 1 atom stereocenters. The number of aromatic hydroxyl groups is 1. The number of benzene rings is 2. The van der Waals surface area contributed by atoms with E-state index in [9.17, 15) is 28.6 Å². The van der Waals surface area contributed by atoms with Crippen molar-refractivity contribution in [3.63, 3.8) is 0 Å². The molecule has 0 bridgehead atoms. The Morgan fingerprint density at radius 2 is 1.81 bits per heavy atom. The lowest BCUT2D eigenvalue weighted by molar-refractivity contribution is -0.138. The van der Waals surface area contributed by atoms with Gasteiger partial charge in [-0.3, -0.25) is 14.2 Å². The number of carbonyl (C=O) groups excluding carboxylic acids is 1. The first kappa shape index (κ1) is 18.6. The zero-order valence-corrected chi connectivity index (χ0v) is 14.7. The number of hydrogen-bond acceptors (Lipinski definition) is 3. The second kappa shape index (κ2) is 6.83. The maximum absolute atomic E-state index is 13.6. The molecule has 7 heteroatoms. The van der Waals surface area contributed by atoms with E-state index in [1.165, 1.54) is 28.8 Å². The molecule has 140 valence electrons. The third-order valence-electron chi connectivity index (χ3n) is 4.66. The van der Waals surface area contributed by atoms with Gasteiger partial charge in [-0.2, -0.15) is 0 Å². The van der Waals surface area contributed by atoms with Crippen molar-refractivity contribution < 1.29 is 28.6 Å². The molecule has 3 rings (SSSR count). The lowest BCUT2D eigenvalue weighted by Gasteiger charge is -2.12. The number of phenolic OH excluding ortho intramolecular Hbond substituents is 1. The van der Waals surface area contributed by atoms with Crippen LogP contribution >= 0.6 is 0 Å². The predicted molar refractivity (Wildman–Crippen MR) is 95.1 cm³/mol. The number of phenols is 1. The molecule has 27 heavy (non-hydrogen) atoms. The molecule has 0 unspecified atom stereocenters. The third-order valence-corrected chi connectivity index (χ3v) is 4.66. The summed E-state index contributed by atoms with van der Waals surface area (Å²) in [4.78, 5) is 24.7. The Balaban J connectivity index is 2.30. The number of fused-ring (bicyclic) bond motifs is 1. The van der Waals surface area contributed by atoms with E-state index in [4.69, 9.17) is 0 Å². The topological polar surface area (TPSA) is 79.5 Å². The largest absolute Gasteiger partial charge is 0.508 e. The molecule has 0 saturated carbocycles. The quantitative estimate of drug-likeness (QED) is 0.718. The molecule has 0 aliphatic carbocycles. The van der Waals surface area contributed by atoms with E-state index < -0.39 is 29.4 Å². The monoisotopic (exact) mass is 373 g/mol. The minimum Gasteiger partial charge on any atom is -0.508 e. The average molecular weight is 373 g/mol. The smallest absolute Gasteiger partial charge is 0.311 e. The molecule has 1 heterocycles. The van der Waals surface area contributed by atoms with E-state index in [1.54, 1.807) is 13.8 Å². The Labute approximate surface area is 153 Å². The van der Waals surface area contributed by atoms with Crippen molar-refractivity contribution in [2.75, 3.05) is 0 Å². The second-order valence-corrected chi connectivity index (χ2v) is 6.27. The van der Waals surface area contributed by atoms with E-state index in [1.807, 2.05) is 0 Å². The van der Waals surface area contributed by atoms with Crippen LogP contribution in [0.15, 0.2) is 36.4 Å². The zero-order chi connectivity index (χ0) is 19.9. The maximum atomic E-state index is 13.6. The van der Waals surface area contributed by atoms with Crippen LogP contribution in [0.1, 0.15) is 40.9 Å². The van der Waals surface area contributed by atoms with Gasteiger partial charge >= 0.3 is 5.97 Å². The fourth-order valence-electron chi connectivity index (χ4n) is 3.39. The van der Waals surface area contributed by atoms with Crippen molar-refractivity contribution in [1.29, 1.82) is 0 Å². The zero-order valence-electron chi connectivity index (χ0n) is 14.7. The minimum atomic E-state index is -1.15. The molecule has 2 aromatic carbocycles. The number of aliphatic carboxylic acids is 1. The highest BCUT2D eigenvalue weighted by Crippen LogP contribution is 2.36. The number of rotatable bonds is 4. The van der Waals surface area contributed by atoms with E-state index in [0.717, 1.165) is 12.1 Å². The van der Waals surface area contributed by atoms with Crippen LogP contribution in [-0.4, -0.2) is 26.7 Å². The van der Waals surface area contributed by atoms with Gasteiger partial charge in [0.25, 0.3) is 5.91 Å². The van der Waals surface area contributed by atoms with E-state index in [0.29, 0.717) is 22.2 Å². The number of nitrogens with zero attached hydrogens (tertiary/aromatic N) is 1. The van der Waals surface area contributed by atoms with Gasteiger partial charge < -0.3 is 10.2 Å². The number of carbonyl (C=O) groups is 2. The summed E-state index contributed by atoms with van der Waals surface area (Å²) in [6.07, 6.45) is 0.282. The fourth-order valence-corrected chi connectivity index (χ4v) is 3.39. The molecule has 0 amide bonds. The first-order chi connectivity index (χ1) is 12.8. The molecule has 1 aromatic heterocycles. The fraction of sp³-hybridized carbons (Fsp3) is 0.200. The summed E-state index contributed by atoms with van der Waals surface area (Å²) in [5.41, 5.74) is 1.10. The van der Waals surface area contributed by atoms with Gasteiger partial charge in [0.05, 0.1) is 11.4 Å². The van der Waals surface area contributed by atoms with Gasteiger partial charge in [-0.05, 0) is 55.3 Å². The lowest BCUT2D eigenvalue weighted by atomic mass is 9.94. The molecule has 3 aromatic rings. The minimum absolute atomic E-state index is 0.0681. The van der Waals surface area contributed by atoms with Crippen molar-refractivity contribution >= 4 is 22.8 Å². The van der Waals surface area contributed by atoms with E-state index in [2.05, 4.69) is 0 Å². The summed E-state index contributed by atoms with van der Waals surface area (Å²) in [7, 11) is 0. The molecule has 0 fully saturated rings. The van der Waals surface area contributed by atoms with E-state index >= 15 is 0 Å². The molecule has 2 N–H and O–H groups in total. The van der Waals surface area contributed by atoms with Crippen LogP contribution in [-0.2, 0) is 4.79 Å². The number of halogens is 2. The van der Waals surface area contributed by atoms with Crippen molar-refractivity contribution in [1.82, 2.24) is 4.57 Å². The summed E-state index contributed by atoms with van der Waals surface area (Å²) in [5.74, 6) is -4.83. The molecular formula is C20H17F2NO4. The number of aromatic nitrogens is 1. The van der Waals surface area contributed by atoms with Crippen molar-refractivity contribution in [2.45, 2.75) is 26.2 Å². The molecule has 5 nitrogen and oxygen atoms in total. The van der Waals surface area contributed by atoms with E-state index in [-0.39, 0.29) is 17.7 Å². The summed E-state index contributed by atoms with van der Waals surface area (Å²) < 4.78 is 28.0. The summed E-state index contributed by atoms with van der Waals surface area (Å²) in [6.45, 7) is 3.30. The Hall–Kier alpha value is -3.22. The second-order valence-electron chi connectivity index (χ2n) is 6.27. The molecule has 0 saturated heterocycles. The Kier molecular flexibility index (Phi) is 4.70. The van der Waals surface area contributed by atoms with Crippen LogP contribution in [0.3, 0.4) is 0 Å². The number of carboxylic acids is 1. The predicted octanol–water partition coefficient (Wildman–Crippen LogP) is 4.20. The van der Waals surface area contributed by atoms with Gasteiger partial charge in [0.1, 0.15) is 5.75 Å². The van der Waals surface area contributed by atoms with Crippen LogP contribution in [0, 0.1) is 18.6 Å². The van der Waals surface area contributed by atoms with Crippen LogP contribution in [0.5, 0.6) is 5.75 Å². The van der Waals surface area contributed by atoms with Gasteiger partial charge in [-0.1, -0.05) is 6.92 Å². The summed E-state index contributed by atoms with van der Waals surface area (Å²) in [5, 5.41) is 19.8. The molecule has 0 spiro atoms. The highest BCUT2D eigenvalue weighted by Gasteiger charge is 2.28. The first-order valence-corrected chi connectivity index (χ1v) is 8.32.